The zero-order chi connectivity index (χ0) is 14.9. The molecule has 2 N–H and O–H groups in total. The number of nitrogens with zero attached hydrogens (tertiary/aromatic N) is 1. The third kappa shape index (κ3) is 2.66. The van der Waals surface area contributed by atoms with Crippen LogP contribution in [0.2, 0.25) is 5.02 Å². The van der Waals surface area contributed by atoms with E-state index in [9.17, 15) is 9.59 Å². The molecule has 1 aromatic heterocycles. The van der Waals surface area contributed by atoms with E-state index < -0.39 is 11.9 Å². The molecule has 0 radical (unpaired) electrons. The molecule has 1 heterocycles. The van der Waals surface area contributed by atoms with Crippen molar-refractivity contribution < 1.29 is 14.7 Å². The molecule has 5 nitrogen and oxygen atoms in total. The molecule has 0 atom stereocenters. The van der Waals surface area contributed by atoms with E-state index in [0.29, 0.717) is 21.8 Å². The standard InChI is InChI=1S/C13H11ClN2O3S/c1-6-8(4-3-5-9(6)14)11(17)15-12-10(13(18)19)7(2)16-20-12/h3-5H,1-2H3,(H,15,17)(H,18,19). The summed E-state index contributed by atoms with van der Waals surface area (Å²) in [6.07, 6.45) is 0. The van der Waals surface area contributed by atoms with E-state index in [1.165, 1.54) is 0 Å². The largest absolute Gasteiger partial charge is 0.478 e. The lowest BCUT2D eigenvalue weighted by Crippen LogP contribution is -2.15. The van der Waals surface area contributed by atoms with Crippen LogP contribution in [0.5, 0.6) is 0 Å². The highest BCUT2D eigenvalue weighted by molar-refractivity contribution is 7.11. The number of aromatic carboxylic acids is 1. The van der Waals surface area contributed by atoms with Crippen LogP contribution in [0, 0.1) is 13.8 Å². The van der Waals surface area contributed by atoms with Crippen LogP contribution >= 0.6 is 23.1 Å². The van der Waals surface area contributed by atoms with Gasteiger partial charge in [0.15, 0.2) is 0 Å². The van der Waals surface area contributed by atoms with E-state index in [1.807, 2.05) is 0 Å². The van der Waals surface area contributed by atoms with Gasteiger partial charge in [0, 0.05) is 10.6 Å². The number of carbonyl (C=O) groups excluding carboxylic acids is 1. The predicted molar refractivity (Wildman–Crippen MR) is 78.0 cm³/mol. The number of hydrogen-bond acceptors (Lipinski definition) is 4. The molecule has 0 unspecified atom stereocenters. The first-order chi connectivity index (χ1) is 9.41. The third-order valence-corrected chi connectivity index (χ3v) is 4.08. The lowest BCUT2D eigenvalue weighted by atomic mass is 10.1. The number of carboxylic acids is 1. The molecule has 0 bridgehead atoms. The lowest BCUT2D eigenvalue weighted by Gasteiger charge is -2.07. The minimum absolute atomic E-state index is 0.0167. The van der Waals surface area contributed by atoms with Crippen LogP contribution in [0.25, 0.3) is 0 Å². The molecule has 0 aliphatic rings. The number of benzene rings is 1. The van der Waals surface area contributed by atoms with E-state index in [4.69, 9.17) is 16.7 Å². The van der Waals surface area contributed by atoms with Crippen LogP contribution < -0.4 is 5.32 Å². The Balaban J connectivity index is 2.33. The highest BCUT2D eigenvalue weighted by Crippen LogP contribution is 2.26. The van der Waals surface area contributed by atoms with Gasteiger partial charge in [-0.05, 0) is 43.1 Å². The summed E-state index contributed by atoms with van der Waals surface area (Å²) < 4.78 is 3.94. The summed E-state index contributed by atoms with van der Waals surface area (Å²) in [6.45, 7) is 3.31. The van der Waals surface area contributed by atoms with Crippen LogP contribution in [0.4, 0.5) is 5.00 Å². The Kier molecular flexibility index (Phi) is 4.06. The van der Waals surface area contributed by atoms with Gasteiger partial charge in [0.25, 0.3) is 5.91 Å². The fourth-order valence-corrected chi connectivity index (χ4v) is 2.69. The molecule has 0 saturated heterocycles. The molecule has 0 spiro atoms. The monoisotopic (exact) mass is 310 g/mol. The Morgan fingerprint density at radius 2 is 2.05 bits per heavy atom. The van der Waals surface area contributed by atoms with Gasteiger partial charge >= 0.3 is 5.97 Å². The van der Waals surface area contributed by atoms with Crippen LogP contribution in [-0.4, -0.2) is 21.4 Å². The summed E-state index contributed by atoms with van der Waals surface area (Å²) in [6, 6.07) is 4.98. The summed E-state index contributed by atoms with van der Waals surface area (Å²) in [5.41, 5.74) is 1.44. The molecule has 7 heteroatoms. The predicted octanol–water partition coefficient (Wildman–Crippen LogP) is 3.36. The fourth-order valence-electron chi connectivity index (χ4n) is 1.73. The molecule has 2 rings (SSSR count). The second kappa shape index (κ2) is 5.60. The highest BCUT2D eigenvalue weighted by Gasteiger charge is 2.20. The van der Waals surface area contributed by atoms with Crippen molar-refractivity contribution in [3.05, 3.63) is 45.6 Å². The maximum Gasteiger partial charge on any atom is 0.340 e. The second-order valence-corrected chi connectivity index (χ2v) is 5.32. The van der Waals surface area contributed by atoms with Gasteiger partial charge in [-0.3, -0.25) is 4.79 Å². The van der Waals surface area contributed by atoms with Gasteiger partial charge in [-0.15, -0.1) is 0 Å². The fraction of sp³-hybridized carbons (Fsp3) is 0.154. The van der Waals surface area contributed by atoms with Crippen molar-refractivity contribution in [1.29, 1.82) is 0 Å². The Bertz CT molecular complexity index is 697. The van der Waals surface area contributed by atoms with E-state index in [0.717, 1.165) is 11.5 Å². The van der Waals surface area contributed by atoms with Gasteiger partial charge < -0.3 is 10.4 Å². The van der Waals surface area contributed by atoms with Gasteiger partial charge in [-0.25, -0.2) is 4.79 Å². The van der Waals surface area contributed by atoms with E-state index in [-0.39, 0.29) is 10.6 Å². The Hall–Kier alpha value is -1.92. The number of rotatable bonds is 3. The van der Waals surface area contributed by atoms with Gasteiger partial charge in [-0.2, -0.15) is 4.37 Å². The number of hydrogen-bond donors (Lipinski definition) is 2. The molecule has 1 amide bonds. The Morgan fingerprint density at radius 1 is 1.35 bits per heavy atom. The number of carboxylic acid groups (broad SMARTS) is 1. The lowest BCUT2D eigenvalue weighted by molar-refractivity contribution is 0.0697. The van der Waals surface area contributed by atoms with Gasteiger partial charge in [0.2, 0.25) is 0 Å². The molecule has 104 valence electrons. The van der Waals surface area contributed by atoms with Crippen molar-refractivity contribution in [3.63, 3.8) is 0 Å². The van der Waals surface area contributed by atoms with Gasteiger partial charge in [0.1, 0.15) is 10.6 Å². The summed E-state index contributed by atoms with van der Waals surface area (Å²) >= 11 is 6.90. The van der Waals surface area contributed by atoms with E-state index in [1.54, 1.807) is 32.0 Å². The number of nitrogens with one attached hydrogen (secondary N) is 1. The van der Waals surface area contributed by atoms with Crippen molar-refractivity contribution in [2.45, 2.75) is 13.8 Å². The molecule has 2 aromatic rings. The molecular formula is C13H11ClN2O3S. The number of carbonyl (C=O) groups is 2. The minimum Gasteiger partial charge on any atom is -0.478 e. The summed E-state index contributed by atoms with van der Waals surface area (Å²) in [7, 11) is 0. The molecule has 0 aliphatic carbocycles. The van der Waals surface area contributed by atoms with Crippen LogP contribution in [0.1, 0.15) is 32.0 Å². The zero-order valence-corrected chi connectivity index (χ0v) is 12.3. The Morgan fingerprint density at radius 3 is 2.70 bits per heavy atom. The van der Waals surface area contributed by atoms with Gasteiger partial charge in [-0.1, -0.05) is 17.7 Å². The minimum atomic E-state index is -1.12. The van der Waals surface area contributed by atoms with Crippen LogP contribution in [0.15, 0.2) is 18.2 Å². The van der Waals surface area contributed by atoms with Crippen molar-refractivity contribution in [3.8, 4) is 0 Å². The summed E-state index contributed by atoms with van der Waals surface area (Å²) in [4.78, 5) is 23.3. The molecule has 0 aliphatic heterocycles. The normalized spacial score (nSPS) is 10.3. The smallest absolute Gasteiger partial charge is 0.340 e. The maximum atomic E-state index is 12.2. The third-order valence-electron chi connectivity index (χ3n) is 2.82. The summed E-state index contributed by atoms with van der Waals surface area (Å²) in [5.74, 6) is -1.52. The zero-order valence-electron chi connectivity index (χ0n) is 10.7. The Labute approximate surface area is 124 Å². The average Bonchev–Trinajstić information content (AvgIpc) is 2.73. The van der Waals surface area contributed by atoms with Gasteiger partial charge in [0.05, 0.1) is 5.69 Å². The maximum absolute atomic E-state index is 12.2. The molecule has 1 aromatic carbocycles. The molecular weight excluding hydrogens is 300 g/mol. The van der Waals surface area contributed by atoms with E-state index in [2.05, 4.69) is 9.69 Å². The highest BCUT2D eigenvalue weighted by atomic mass is 35.5. The molecule has 0 saturated carbocycles. The second-order valence-electron chi connectivity index (χ2n) is 4.14. The molecule has 20 heavy (non-hydrogen) atoms. The van der Waals surface area contributed by atoms with Crippen molar-refractivity contribution >= 4 is 40.0 Å². The number of anilines is 1. The van der Waals surface area contributed by atoms with Crippen LogP contribution in [0.3, 0.4) is 0 Å². The number of halogens is 1. The van der Waals surface area contributed by atoms with E-state index >= 15 is 0 Å². The summed E-state index contributed by atoms with van der Waals surface area (Å²) in [5, 5.41) is 12.4. The quantitative estimate of drug-likeness (QED) is 0.911. The SMILES string of the molecule is Cc1nsc(NC(=O)c2cccc(Cl)c2C)c1C(=O)O. The number of aromatic nitrogens is 1. The first-order valence-corrected chi connectivity index (χ1v) is 6.83. The topological polar surface area (TPSA) is 79.3 Å². The average molecular weight is 311 g/mol. The molecule has 0 fully saturated rings. The van der Waals surface area contributed by atoms with Crippen molar-refractivity contribution in [2.24, 2.45) is 0 Å². The number of amides is 1. The van der Waals surface area contributed by atoms with Crippen molar-refractivity contribution in [2.75, 3.05) is 5.32 Å². The van der Waals surface area contributed by atoms with Crippen LogP contribution in [-0.2, 0) is 0 Å². The first-order valence-electron chi connectivity index (χ1n) is 5.68. The number of aryl methyl sites for hydroxylation is 1. The van der Waals surface area contributed by atoms with Crippen molar-refractivity contribution in [1.82, 2.24) is 4.37 Å². The first kappa shape index (κ1) is 14.5.